The first kappa shape index (κ1) is 19.6. The van der Waals surface area contributed by atoms with Gasteiger partial charge in [0.05, 0.1) is 12.1 Å². The minimum Gasteiger partial charge on any atom is -0.342 e. The number of likely N-dealkylation sites (tertiary alicyclic amines) is 1. The summed E-state index contributed by atoms with van der Waals surface area (Å²) in [5, 5.41) is 8.20. The highest BCUT2D eigenvalue weighted by Gasteiger charge is 2.25. The van der Waals surface area contributed by atoms with E-state index >= 15 is 0 Å². The molecule has 1 aliphatic rings. The fraction of sp³-hybridized carbons (Fsp3) is 0.421. The quantitative estimate of drug-likeness (QED) is 0.785. The maximum absolute atomic E-state index is 12.5. The van der Waals surface area contributed by atoms with Crippen molar-refractivity contribution in [2.45, 2.75) is 26.7 Å². The van der Waals surface area contributed by atoms with Gasteiger partial charge < -0.3 is 10.2 Å². The van der Waals surface area contributed by atoms with Gasteiger partial charge in [-0.1, -0.05) is 31.5 Å². The highest BCUT2D eigenvalue weighted by atomic mass is 35.5. The van der Waals surface area contributed by atoms with Crippen LogP contribution >= 0.6 is 22.9 Å². The SMILES string of the molecule is CC1CC(C)CN(C(=O)Cc2csc(NC(=O)Nc3cccc(Cl)c3)n2)C1. The molecule has 1 saturated heterocycles. The van der Waals surface area contributed by atoms with E-state index in [1.165, 1.54) is 11.3 Å². The van der Waals surface area contributed by atoms with Crippen molar-refractivity contribution in [3.05, 3.63) is 40.4 Å². The Balaban J connectivity index is 1.53. The van der Waals surface area contributed by atoms with Crippen molar-refractivity contribution < 1.29 is 9.59 Å². The number of carbonyl (C=O) groups is 2. The summed E-state index contributed by atoms with van der Waals surface area (Å²) in [4.78, 5) is 30.9. The number of urea groups is 1. The molecule has 2 atom stereocenters. The zero-order valence-corrected chi connectivity index (χ0v) is 16.9. The van der Waals surface area contributed by atoms with Crippen molar-refractivity contribution in [2.24, 2.45) is 11.8 Å². The molecule has 0 spiro atoms. The lowest BCUT2D eigenvalue weighted by Gasteiger charge is -2.35. The number of thiazole rings is 1. The molecule has 2 heterocycles. The van der Waals surface area contributed by atoms with Crippen LogP contribution in [0.2, 0.25) is 5.02 Å². The lowest BCUT2D eigenvalue weighted by atomic mass is 9.92. The van der Waals surface area contributed by atoms with Crippen LogP contribution in [0, 0.1) is 11.8 Å². The van der Waals surface area contributed by atoms with Gasteiger partial charge in [-0.2, -0.15) is 0 Å². The molecule has 0 aliphatic carbocycles. The predicted molar refractivity (Wildman–Crippen MR) is 109 cm³/mol. The molecule has 3 amide bonds. The second kappa shape index (κ2) is 8.71. The molecular formula is C19H23ClN4O2S. The zero-order valence-electron chi connectivity index (χ0n) is 15.4. The van der Waals surface area contributed by atoms with Gasteiger partial charge in [0.1, 0.15) is 0 Å². The summed E-state index contributed by atoms with van der Waals surface area (Å²) in [6.45, 7) is 5.97. The van der Waals surface area contributed by atoms with Crippen molar-refractivity contribution in [3.63, 3.8) is 0 Å². The zero-order chi connectivity index (χ0) is 19.4. The Hall–Kier alpha value is -2.12. The van der Waals surface area contributed by atoms with Crippen LogP contribution in [0.25, 0.3) is 0 Å². The molecule has 3 rings (SSSR count). The summed E-state index contributed by atoms with van der Waals surface area (Å²) in [5.41, 5.74) is 1.27. The molecule has 6 nitrogen and oxygen atoms in total. The number of halogens is 1. The van der Waals surface area contributed by atoms with Gasteiger partial charge in [0, 0.05) is 29.2 Å². The van der Waals surface area contributed by atoms with Crippen LogP contribution in [-0.2, 0) is 11.2 Å². The van der Waals surface area contributed by atoms with Gasteiger partial charge in [-0.3, -0.25) is 10.1 Å². The fourth-order valence-electron chi connectivity index (χ4n) is 3.40. The van der Waals surface area contributed by atoms with Crippen molar-refractivity contribution in [2.75, 3.05) is 23.7 Å². The topological polar surface area (TPSA) is 74.3 Å². The van der Waals surface area contributed by atoms with E-state index in [4.69, 9.17) is 11.6 Å². The van der Waals surface area contributed by atoms with Gasteiger partial charge in [0.2, 0.25) is 5.91 Å². The number of anilines is 2. The molecule has 0 saturated carbocycles. The Morgan fingerprint density at radius 2 is 2.00 bits per heavy atom. The summed E-state index contributed by atoms with van der Waals surface area (Å²) in [7, 11) is 0. The molecule has 27 heavy (non-hydrogen) atoms. The molecule has 0 bridgehead atoms. The fourth-order valence-corrected chi connectivity index (χ4v) is 4.30. The van der Waals surface area contributed by atoms with Gasteiger partial charge >= 0.3 is 6.03 Å². The molecule has 1 fully saturated rings. The monoisotopic (exact) mass is 406 g/mol. The highest BCUT2D eigenvalue weighted by molar-refractivity contribution is 7.14. The van der Waals surface area contributed by atoms with Gasteiger partial charge in [0.15, 0.2) is 5.13 Å². The van der Waals surface area contributed by atoms with Crippen molar-refractivity contribution in [1.29, 1.82) is 0 Å². The first-order valence-electron chi connectivity index (χ1n) is 8.95. The van der Waals surface area contributed by atoms with Crippen molar-refractivity contribution in [3.8, 4) is 0 Å². The summed E-state index contributed by atoms with van der Waals surface area (Å²) in [5.74, 6) is 1.15. The van der Waals surface area contributed by atoms with E-state index in [1.54, 1.807) is 24.3 Å². The van der Waals surface area contributed by atoms with E-state index in [2.05, 4.69) is 29.5 Å². The van der Waals surface area contributed by atoms with Crippen LogP contribution in [0.1, 0.15) is 26.0 Å². The van der Waals surface area contributed by atoms with Crippen LogP contribution in [0.5, 0.6) is 0 Å². The molecule has 8 heteroatoms. The Labute approximate surface area is 167 Å². The smallest absolute Gasteiger partial charge is 0.325 e. The van der Waals surface area contributed by atoms with Crippen LogP contribution in [0.15, 0.2) is 29.6 Å². The summed E-state index contributed by atoms with van der Waals surface area (Å²) >= 11 is 7.21. The molecule has 144 valence electrons. The number of nitrogens with zero attached hydrogens (tertiary/aromatic N) is 2. The minimum absolute atomic E-state index is 0.0913. The van der Waals surface area contributed by atoms with Crippen LogP contribution in [0.3, 0.4) is 0 Å². The maximum Gasteiger partial charge on any atom is 0.325 e. The van der Waals surface area contributed by atoms with E-state index in [0.717, 1.165) is 19.5 Å². The van der Waals surface area contributed by atoms with E-state index < -0.39 is 6.03 Å². The number of hydrogen-bond acceptors (Lipinski definition) is 4. The number of rotatable bonds is 4. The first-order chi connectivity index (χ1) is 12.9. The normalized spacial score (nSPS) is 19.6. The Bertz CT molecular complexity index is 816. The van der Waals surface area contributed by atoms with Crippen LogP contribution < -0.4 is 10.6 Å². The molecule has 2 unspecified atom stereocenters. The first-order valence-corrected chi connectivity index (χ1v) is 10.2. The van der Waals surface area contributed by atoms with E-state index in [-0.39, 0.29) is 12.3 Å². The number of piperidine rings is 1. The summed E-state index contributed by atoms with van der Waals surface area (Å²) < 4.78 is 0. The number of hydrogen-bond donors (Lipinski definition) is 2. The molecule has 2 aromatic rings. The minimum atomic E-state index is -0.400. The van der Waals surface area contributed by atoms with E-state index in [1.807, 2.05) is 10.3 Å². The van der Waals surface area contributed by atoms with Crippen molar-refractivity contribution >= 4 is 45.7 Å². The van der Waals surface area contributed by atoms with Crippen LogP contribution in [-0.4, -0.2) is 34.9 Å². The lowest BCUT2D eigenvalue weighted by molar-refractivity contribution is -0.133. The second-order valence-corrected chi connectivity index (χ2v) is 8.45. The van der Waals surface area contributed by atoms with Gasteiger partial charge in [-0.25, -0.2) is 9.78 Å². The third-order valence-electron chi connectivity index (χ3n) is 4.41. The Morgan fingerprint density at radius 1 is 1.26 bits per heavy atom. The largest absolute Gasteiger partial charge is 0.342 e. The number of benzene rings is 1. The summed E-state index contributed by atoms with van der Waals surface area (Å²) in [6.07, 6.45) is 1.42. The van der Waals surface area contributed by atoms with Crippen LogP contribution in [0.4, 0.5) is 15.6 Å². The standard InChI is InChI=1S/C19H23ClN4O2S/c1-12-6-13(2)10-24(9-12)17(25)8-16-11-27-19(22-16)23-18(26)21-15-5-3-4-14(20)7-15/h3-5,7,11-13H,6,8-10H2,1-2H3,(H2,21,22,23,26). The lowest BCUT2D eigenvalue weighted by Crippen LogP contribution is -2.43. The van der Waals surface area contributed by atoms with Gasteiger partial charge in [-0.15, -0.1) is 11.3 Å². The third-order valence-corrected chi connectivity index (χ3v) is 5.45. The molecular weight excluding hydrogens is 384 g/mol. The summed E-state index contributed by atoms with van der Waals surface area (Å²) in [6, 6.07) is 6.50. The molecule has 1 aromatic carbocycles. The van der Waals surface area contributed by atoms with Crippen molar-refractivity contribution in [1.82, 2.24) is 9.88 Å². The molecule has 0 radical (unpaired) electrons. The highest BCUT2D eigenvalue weighted by Crippen LogP contribution is 2.23. The van der Waals surface area contributed by atoms with Gasteiger partial charge in [-0.05, 0) is 36.5 Å². The number of amides is 3. The third kappa shape index (κ3) is 5.68. The second-order valence-electron chi connectivity index (χ2n) is 7.16. The average molecular weight is 407 g/mol. The number of aromatic nitrogens is 1. The van der Waals surface area contributed by atoms with Gasteiger partial charge in [0.25, 0.3) is 0 Å². The predicted octanol–water partition coefficient (Wildman–Crippen LogP) is 4.49. The van der Waals surface area contributed by atoms with E-state index in [0.29, 0.717) is 33.4 Å². The molecule has 1 aromatic heterocycles. The van der Waals surface area contributed by atoms with E-state index in [9.17, 15) is 9.59 Å². The average Bonchev–Trinajstić information content (AvgIpc) is 3.00. The maximum atomic E-state index is 12.5. The number of carbonyl (C=O) groups excluding carboxylic acids is 2. The number of nitrogens with one attached hydrogen (secondary N) is 2. The Morgan fingerprint density at radius 3 is 2.70 bits per heavy atom. The Kier molecular flexibility index (Phi) is 6.34. The molecule has 1 aliphatic heterocycles. The molecule has 2 N–H and O–H groups in total.